The lowest BCUT2D eigenvalue weighted by atomic mass is 10.1. The second kappa shape index (κ2) is 7.31. The fraction of sp³-hybridized carbons (Fsp3) is 0.227. The number of aryl methyl sites for hydroxylation is 1. The maximum Gasteiger partial charge on any atom is 0.273 e. The van der Waals surface area contributed by atoms with E-state index in [9.17, 15) is 9.59 Å². The number of benzene rings is 2. The molecule has 6 heteroatoms. The van der Waals surface area contributed by atoms with Gasteiger partial charge in [0.05, 0.1) is 5.69 Å². The first-order valence-corrected chi connectivity index (χ1v) is 9.36. The Hall–Kier alpha value is -3.41. The van der Waals surface area contributed by atoms with Crippen LogP contribution >= 0.6 is 0 Å². The summed E-state index contributed by atoms with van der Waals surface area (Å²) in [5.74, 6) is -0.120. The number of rotatable bonds is 4. The van der Waals surface area contributed by atoms with Crippen LogP contribution in [0.25, 0.3) is 11.3 Å². The van der Waals surface area contributed by atoms with Gasteiger partial charge in [-0.3, -0.25) is 14.3 Å². The van der Waals surface area contributed by atoms with Gasteiger partial charge in [0.25, 0.3) is 5.91 Å². The van der Waals surface area contributed by atoms with Crippen molar-refractivity contribution in [3.63, 3.8) is 0 Å². The summed E-state index contributed by atoms with van der Waals surface area (Å²) in [7, 11) is 1.75. The van der Waals surface area contributed by atoms with Crippen LogP contribution in [0.5, 0.6) is 0 Å². The van der Waals surface area contributed by atoms with E-state index in [0.29, 0.717) is 17.8 Å². The molecule has 142 valence electrons. The average molecular weight is 374 g/mol. The standard InChI is InChI=1S/C22H22N4O2/c1-15-11-12-21(27)26(15)18-10-6-9-17(13-18)23-22(28)20-14-19(24-25(20)2)16-7-4-3-5-8-16/h3-10,13-15H,11-12H2,1-2H3,(H,23,28). The zero-order chi connectivity index (χ0) is 19.7. The van der Waals surface area contributed by atoms with E-state index in [1.807, 2.05) is 61.5 Å². The Labute approximate surface area is 163 Å². The van der Waals surface area contributed by atoms with Crippen molar-refractivity contribution in [3.8, 4) is 11.3 Å². The first kappa shape index (κ1) is 18.0. The summed E-state index contributed by atoms with van der Waals surface area (Å²) in [6, 6.07) is 19.1. The van der Waals surface area contributed by atoms with Gasteiger partial charge in [0.2, 0.25) is 5.91 Å². The number of carbonyl (C=O) groups excluding carboxylic acids is 2. The molecule has 2 amide bonds. The van der Waals surface area contributed by atoms with Crippen molar-refractivity contribution in [2.24, 2.45) is 7.05 Å². The van der Waals surface area contributed by atoms with Gasteiger partial charge in [0.15, 0.2) is 0 Å². The highest BCUT2D eigenvalue weighted by molar-refractivity contribution is 6.04. The van der Waals surface area contributed by atoms with Crippen LogP contribution in [0.1, 0.15) is 30.3 Å². The second-order valence-corrected chi connectivity index (χ2v) is 7.06. The molecule has 28 heavy (non-hydrogen) atoms. The van der Waals surface area contributed by atoms with Gasteiger partial charge in [0.1, 0.15) is 5.69 Å². The molecule has 6 nitrogen and oxygen atoms in total. The Balaban J connectivity index is 1.55. The molecule has 2 aromatic carbocycles. The summed E-state index contributed by atoms with van der Waals surface area (Å²) in [6.45, 7) is 2.04. The van der Waals surface area contributed by atoms with Gasteiger partial charge in [0, 0.05) is 36.4 Å². The molecule has 0 bridgehead atoms. The van der Waals surface area contributed by atoms with Crippen LogP contribution in [0.2, 0.25) is 0 Å². The van der Waals surface area contributed by atoms with Gasteiger partial charge >= 0.3 is 0 Å². The quantitative estimate of drug-likeness (QED) is 0.754. The van der Waals surface area contributed by atoms with E-state index in [-0.39, 0.29) is 17.9 Å². The Kier molecular flexibility index (Phi) is 4.69. The molecular weight excluding hydrogens is 352 g/mol. The molecule has 1 fully saturated rings. The van der Waals surface area contributed by atoms with Crippen LogP contribution in [0.4, 0.5) is 11.4 Å². The Morgan fingerprint density at radius 1 is 1.11 bits per heavy atom. The number of aromatic nitrogens is 2. The molecule has 1 atom stereocenters. The van der Waals surface area contributed by atoms with Gasteiger partial charge in [-0.25, -0.2) is 0 Å². The molecule has 1 aliphatic rings. The third-order valence-corrected chi connectivity index (χ3v) is 5.05. The maximum atomic E-state index is 12.8. The van der Waals surface area contributed by atoms with Crippen LogP contribution in [-0.4, -0.2) is 27.6 Å². The summed E-state index contributed by atoms with van der Waals surface area (Å²) in [6.07, 6.45) is 1.42. The molecule has 4 rings (SSSR count). The van der Waals surface area contributed by atoms with Gasteiger partial charge < -0.3 is 10.2 Å². The van der Waals surface area contributed by atoms with Crippen molar-refractivity contribution in [1.82, 2.24) is 9.78 Å². The third kappa shape index (κ3) is 3.41. The zero-order valence-corrected chi connectivity index (χ0v) is 15.9. The Morgan fingerprint density at radius 2 is 1.89 bits per heavy atom. The summed E-state index contributed by atoms with van der Waals surface area (Å²) >= 11 is 0. The van der Waals surface area contributed by atoms with Crippen molar-refractivity contribution < 1.29 is 9.59 Å². The molecule has 1 aromatic heterocycles. The minimum atomic E-state index is -0.241. The number of anilines is 2. The number of hydrogen-bond donors (Lipinski definition) is 1. The second-order valence-electron chi connectivity index (χ2n) is 7.06. The van der Waals surface area contributed by atoms with E-state index in [2.05, 4.69) is 10.4 Å². The summed E-state index contributed by atoms with van der Waals surface area (Å²) < 4.78 is 1.58. The highest BCUT2D eigenvalue weighted by Gasteiger charge is 2.28. The van der Waals surface area contributed by atoms with Gasteiger partial charge in [-0.05, 0) is 37.6 Å². The monoisotopic (exact) mass is 374 g/mol. The van der Waals surface area contributed by atoms with Crippen LogP contribution in [0.15, 0.2) is 60.7 Å². The van der Waals surface area contributed by atoms with E-state index in [4.69, 9.17) is 0 Å². The first-order valence-electron chi connectivity index (χ1n) is 9.36. The van der Waals surface area contributed by atoms with E-state index < -0.39 is 0 Å². The number of nitrogens with one attached hydrogen (secondary N) is 1. The van der Waals surface area contributed by atoms with E-state index in [0.717, 1.165) is 23.4 Å². The predicted molar refractivity (Wildman–Crippen MR) is 109 cm³/mol. The zero-order valence-electron chi connectivity index (χ0n) is 15.9. The van der Waals surface area contributed by atoms with Gasteiger partial charge in [-0.1, -0.05) is 36.4 Å². The SMILES string of the molecule is CC1CCC(=O)N1c1cccc(NC(=O)c2cc(-c3ccccc3)nn2C)c1. The normalized spacial score (nSPS) is 16.4. The minimum absolute atomic E-state index is 0.120. The van der Waals surface area contributed by atoms with E-state index in [1.165, 1.54) is 0 Å². The highest BCUT2D eigenvalue weighted by Crippen LogP contribution is 2.28. The van der Waals surface area contributed by atoms with Gasteiger partial charge in [-0.2, -0.15) is 5.10 Å². The lowest BCUT2D eigenvalue weighted by molar-refractivity contribution is -0.117. The summed E-state index contributed by atoms with van der Waals surface area (Å²) in [5, 5.41) is 7.37. The van der Waals surface area contributed by atoms with Crippen LogP contribution < -0.4 is 10.2 Å². The molecule has 2 heterocycles. The first-order chi connectivity index (χ1) is 13.5. The van der Waals surface area contributed by atoms with Crippen molar-refractivity contribution in [2.45, 2.75) is 25.8 Å². The molecule has 3 aromatic rings. The lowest BCUT2D eigenvalue weighted by Crippen LogP contribution is -2.30. The molecule has 0 radical (unpaired) electrons. The maximum absolute atomic E-state index is 12.8. The predicted octanol–water partition coefficient (Wildman–Crippen LogP) is 3.85. The molecule has 0 aliphatic carbocycles. The number of nitrogens with zero attached hydrogens (tertiary/aromatic N) is 3. The largest absolute Gasteiger partial charge is 0.321 e. The summed E-state index contributed by atoms with van der Waals surface area (Å²) in [4.78, 5) is 26.7. The number of amides is 2. The van der Waals surface area contributed by atoms with E-state index >= 15 is 0 Å². The fourth-order valence-corrected chi connectivity index (χ4v) is 3.58. The molecule has 1 unspecified atom stereocenters. The van der Waals surface area contributed by atoms with Crippen molar-refractivity contribution in [3.05, 3.63) is 66.4 Å². The average Bonchev–Trinajstić information content (AvgIpc) is 3.25. The third-order valence-electron chi connectivity index (χ3n) is 5.05. The molecule has 0 saturated carbocycles. The van der Waals surface area contributed by atoms with Crippen LogP contribution in [0.3, 0.4) is 0 Å². The lowest BCUT2D eigenvalue weighted by Gasteiger charge is -2.22. The Morgan fingerprint density at radius 3 is 2.61 bits per heavy atom. The molecule has 1 aliphatic heterocycles. The molecular formula is C22H22N4O2. The molecule has 1 saturated heterocycles. The van der Waals surface area contributed by atoms with Crippen molar-refractivity contribution in [2.75, 3.05) is 10.2 Å². The topological polar surface area (TPSA) is 67.2 Å². The Bertz CT molecular complexity index is 1030. The van der Waals surface area contributed by atoms with E-state index in [1.54, 1.807) is 22.7 Å². The number of hydrogen-bond acceptors (Lipinski definition) is 3. The van der Waals surface area contributed by atoms with Crippen LogP contribution in [-0.2, 0) is 11.8 Å². The van der Waals surface area contributed by atoms with Crippen molar-refractivity contribution in [1.29, 1.82) is 0 Å². The minimum Gasteiger partial charge on any atom is -0.321 e. The van der Waals surface area contributed by atoms with Gasteiger partial charge in [-0.15, -0.1) is 0 Å². The fourth-order valence-electron chi connectivity index (χ4n) is 3.58. The smallest absolute Gasteiger partial charge is 0.273 e. The summed E-state index contributed by atoms with van der Waals surface area (Å²) in [5.41, 5.74) is 3.63. The highest BCUT2D eigenvalue weighted by atomic mass is 16.2. The molecule has 0 spiro atoms. The van der Waals surface area contributed by atoms with Crippen molar-refractivity contribution >= 4 is 23.2 Å². The number of carbonyl (C=O) groups is 2. The molecule has 1 N–H and O–H groups in total. The van der Waals surface area contributed by atoms with Crippen LogP contribution in [0, 0.1) is 0 Å².